The Bertz CT molecular complexity index is 977. The van der Waals surface area contributed by atoms with E-state index in [1.807, 2.05) is 56.3 Å². The number of halogens is 2. The van der Waals surface area contributed by atoms with Gasteiger partial charge in [0.15, 0.2) is 0 Å². The lowest BCUT2D eigenvalue weighted by molar-refractivity contribution is 0.0955. The van der Waals surface area contributed by atoms with Gasteiger partial charge in [-0.1, -0.05) is 39.7 Å². The van der Waals surface area contributed by atoms with Gasteiger partial charge in [-0.05, 0) is 56.3 Å². The number of aromatic nitrogens is 1. The first-order valence-corrected chi connectivity index (χ1v) is 9.17. The van der Waals surface area contributed by atoms with Crippen molar-refractivity contribution >= 4 is 39.7 Å². The number of nitrogens with zero attached hydrogens (tertiary/aromatic N) is 2. The average Bonchev–Trinajstić information content (AvgIpc) is 2.90. The van der Waals surface area contributed by atoms with Gasteiger partial charge in [-0.15, -0.1) is 0 Å². The molecule has 0 unspecified atom stereocenters. The number of nitrogens with one attached hydrogen (secondary N) is 1. The molecule has 0 fully saturated rings. The third-order valence-corrected chi connectivity index (χ3v) is 4.89. The van der Waals surface area contributed by atoms with E-state index in [1.54, 1.807) is 18.3 Å². The van der Waals surface area contributed by atoms with Gasteiger partial charge in [0.2, 0.25) is 0 Å². The molecule has 0 aliphatic carbocycles. The first-order valence-electron chi connectivity index (χ1n) is 8.00. The van der Waals surface area contributed by atoms with Crippen LogP contribution in [0.1, 0.15) is 27.3 Å². The Morgan fingerprint density at radius 2 is 1.85 bits per heavy atom. The fourth-order valence-electron chi connectivity index (χ4n) is 2.75. The van der Waals surface area contributed by atoms with E-state index in [4.69, 9.17) is 11.6 Å². The second-order valence-corrected chi connectivity index (χ2v) is 7.14. The van der Waals surface area contributed by atoms with E-state index >= 15 is 0 Å². The lowest BCUT2D eigenvalue weighted by Crippen LogP contribution is -2.17. The molecule has 0 saturated carbocycles. The molecule has 0 aliphatic rings. The normalized spacial score (nSPS) is 11.1. The van der Waals surface area contributed by atoms with Crippen LogP contribution in [0.25, 0.3) is 5.69 Å². The van der Waals surface area contributed by atoms with Gasteiger partial charge in [0.25, 0.3) is 5.91 Å². The van der Waals surface area contributed by atoms with E-state index in [-0.39, 0.29) is 5.91 Å². The lowest BCUT2D eigenvalue weighted by atomic mass is 10.2. The number of hydrazone groups is 1. The smallest absolute Gasteiger partial charge is 0.271 e. The van der Waals surface area contributed by atoms with E-state index in [0.717, 1.165) is 27.1 Å². The van der Waals surface area contributed by atoms with Crippen molar-refractivity contribution in [1.82, 2.24) is 9.99 Å². The molecule has 2 aromatic carbocycles. The van der Waals surface area contributed by atoms with Crippen molar-refractivity contribution in [3.63, 3.8) is 0 Å². The second kappa shape index (κ2) is 7.89. The molecular formula is C20H17BrClN3O. The molecule has 0 bridgehead atoms. The fourth-order valence-corrected chi connectivity index (χ4v) is 3.23. The van der Waals surface area contributed by atoms with Crippen molar-refractivity contribution in [2.75, 3.05) is 0 Å². The highest BCUT2D eigenvalue weighted by molar-refractivity contribution is 9.10. The van der Waals surface area contributed by atoms with Gasteiger partial charge in [0.05, 0.1) is 16.9 Å². The summed E-state index contributed by atoms with van der Waals surface area (Å²) in [4.78, 5) is 12.1. The van der Waals surface area contributed by atoms with Crippen LogP contribution in [-0.4, -0.2) is 16.7 Å². The Balaban J connectivity index is 1.80. The van der Waals surface area contributed by atoms with Gasteiger partial charge < -0.3 is 4.57 Å². The summed E-state index contributed by atoms with van der Waals surface area (Å²) >= 11 is 9.67. The van der Waals surface area contributed by atoms with Crippen molar-refractivity contribution in [3.05, 3.63) is 86.6 Å². The van der Waals surface area contributed by atoms with Crippen LogP contribution in [0.4, 0.5) is 0 Å². The lowest BCUT2D eigenvalue weighted by Gasteiger charge is -2.11. The SMILES string of the molecule is Cc1cc(/C=N\NC(=O)c2ccc(Br)cc2)c(C)n1-c1ccccc1Cl. The molecule has 26 heavy (non-hydrogen) atoms. The van der Waals surface area contributed by atoms with Crippen molar-refractivity contribution in [2.45, 2.75) is 13.8 Å². The third kappa shape index (κ3) is 3.89. The molecule has 3 aromatic rings. The number of amides is 1. The summed E-state index contributed by atoms with van der Waals surface area (Å²) in [6.07, 6.45) is 1.65. The molecule has 3 rings (SSSR count). The number of carbonyl (C=O) groups is 1. The molecule has 1 N–H and O–H groups in total. The highest BCUT2D eigenvalue weighted by Crippen LogP contribution is 2.25. The van der Waals surface area contributed by atoms with Crippen LogP contribution in [0.5, 0.6) is 0 Å². The minimum Gasteiger partial charge on any atom is -0.316 e. The molecule has 4 nitrogen and oxygen atoms in total. The Morgan fingerprint density at radius 3 is 2.54 bits per heavy atom. The predicted octanol–water partition coefficient (Wildman–Crippen LogP) is 5.27. The third-order valence-electron chi connectivity index (χ3n) is 4.04. The predicted molar refractivity (Wildman–Crippen MR) is 109 cm³/mol. The van der Waals surface area contributed by atoms with Gasteiger partial charge >= 0.3 is 0 Å². The molecule has 132 valence electrons. The summed E-state index contributed by atoms with van der Waals surface area (Å²) in [5.74, 6) is -0.256. The number of rotatable bonds is 4. The van der Waals surface area contributed by atoms with Crippen molar-refractivity contribution in [3.8, 4) is 5.69 Å². The van der Waals surface area contributed by atoms with Crippen LogP contribution >= 0.6 is 27.5 Å². The Morgan fingerprint density at radius 1 is 1.15 bits per heavy atom. The summed E-state index contributed by atoms with van der Waals surface area (Å²) in [6, 6.07) is 16.8. The number of hydrogen-bond donors (Lipinski definition) is 1. The molecule has 0 radical (unpaired) electrons. The van der Waals surface area contributed by atoms with Gasteiger partial charge in [-0.25, -0.2) is 5.43 Å². The molecule has 1 heterocycles. The molecule has 0 spiro atoms. The monoisotopic (exact) mass is 429 g/mol. The molecule has 0 saturated heterocycles. The van der Waals surface area contributed by atoms with Gasteiger partial charge in [-0.3, -0.25) is 4.79 Å². The van der Waals surface area contributed by atoms with Crippen LogP contribution in [0, 0.1) is 13.8 Å². The number of benzene rings is 2. The zero-order valence-corrected chi connectivity index (χ0v) is 16.7. The molecule has 1 aromatic heterocycles. The van der Waals surface area contributed by atoms with Crippen molar-refractivity contribution < 1.29 is 4.79 Å². The maximum atomic E-state index is 12.1. The van der Waals surface area contributed by atoms with Crippen molar-refractivity contribution in [1.29, 1.82) is 0 Å². The van der Waals surface area contributed by atoms with Gasteiger partial charge in [-0.2, -0.15) is 5.10 Å². The molecular weight excluding hydrogens is 414 g/mol. The van der Waals surface area contributed by atoms with Gasteiger partial charge in [0.1, 0.15) is 0 Å². The maximum Gasteiger partial charge on any atom is 0.271 e. The first kappa shape index (κ1) is 18.4. The number of carbonyl (C=O) groups excluding carboxylic acids is 1. The minimum absolute atomic E-state index is 0.256. The average molecular weight is 431 g/mol. The van der Waals surface area contributed by atoms with Crippen LogP contribution in [0.2, 0.25) is 5.02 Å². The first-order chi connectivity index (χ1) is 12.5. The highest BCUT2D eigenvalue weighted by Gasteiger charge is 2.11. The zero-order chi connectivity index (χ0) is 18.7. The summed E-state index contributed by atoms with van der Waals surface area (Å²) in [5, 5.41) is 4.77. The Kier molecular flexibility index (Phi) is 5.59. The highest BCUT2D eigenvalue weighted by atomic mass is 79.9. The Labute approximate surface area is 165 Å². The molecule has 0 atom stereocenters. The number of aryl methyl sites for hydroxylation is 1. The zero-order valence-electron chi connectivity index (χ0n) is 14.3. The van der Waals surface area contributed by atoms with Crippen molar-refractivity contribution in [2.24, 2.45) is 5.10 Å². The summed E-state index contributed by atoms with van der Waals surface area (Å²) in [7, 11) is 0. The molecule has 0 aliphatic heterocycles. The molecule has 1 amide bonds. The fraction of sp³-hybridized carbons (Fsp3) is 0.100. The summed E-state index contributed by atoms with van der Waals surface area (Å²) < 4.78 is 2.99. The summed E-state index contributed by atoms with van der Waals surface area (Å²) in [5.41, 5.74) is 6.97. The van der Waals surface area contributed by atoms with E-state index < -0.39 is 0 Å². The summed E-state index contributed by atoms with van der Waals surface area (Å²) in [6.45, 7) is 4.00. The standard InChI is InChI=1S/C20H17BrClN3O/c1-13-11-16(14(2)25(13)19-6-4-3-5-18(19)22)12-23-24-20(26)15-7-9-17(21)10-8-15/h3-12H,1-2H3,(H,24,26)/b23-12-. The van der Waals surface area contributed by atoms with E-state index in [2.05, 4.69) is 31.0 Å². The number of para-hydroxylation sites is 1. The van der Waals surface area contributed by atoms with Crippen LogP contribution in [0.3, 0.4) is 0 Å². The maximum absolute atomic E-state index is 12.1. The Hall–Kier alpha value is -2.37. The van der Waals surface area contributed by atoms with E-state index in [0.29, 0.717) is 10.6 Å². The number of hydrogen-bond acceptors (Lipinski definition) is 2. The molecule has 6 heteroatoms. The largest absolute Gasteiger partial charge is 0.316 e. The minimum atomic E-state index is -0.256. The topological polar surface area (TPSA) is 46.4 Å². The van der Waals surface area contributed by atoms with Crippen LogP contribution in [0.15, 0.2) is 64.2 Å². The van der Waals surface area contributed by atoms with Crippen LogP contribution in [-0.2, 0) is 0 Å². The second-order valence-electron chi connectivity index (χ2n) is 5.82. The quantitative estimate of drug-likeness (QED) is 0.444. The van der Waals surface area contributed by atoms with Gasteiger partial charge in [0, 0.05) is 27.0 Å². The van der Waals surface area contributed by atoms with E-state index in [9.17, 15) is 4.79 Å². The van der Waals surface area contributed by atoms with E-state index in [1.165, 1.54) is 0 Å². The van der Waals surface area contributed by atoms with Crippen LogP contribution < -0.4 is 5.43 Å².